The molecule has 1 aromatic rings. The van der Waals surface area contributed by atoms with E-state index in [-0.39, 0.29) is 16.6 Å². The minimum absolute atomic E-state index is 0.0646. The summed E-state index contributed by atoms with van der Waals surface area (Å²) in [5.41, 5.74) is 1.49. The first-order valence-electron chi connectivity index (χ1n) is 11.7. The highest BCUT2D eigenvalue weighted by Gasteiger charge is 2.65. The highest BCUT2D eigenvalue weighted by atomic mass is 32.2. The summed E-state index contributed by atoms with van der Waals surface area (Å²) in [5, 5.41) is 10.8. The van der Waals surface area contributed by atoms with Crippen molar-refractivity contribution in [3.05, 3.63) is 29.3 Å². The summed E-state index contributed by atoms with van der Waals surface area (Å²) in [4.78, 5) is 0. The van der Waals surface area contributed by atoms with Gasteiger partial charge < -0.3 is 14.6 Å². The molecule has 3 atom stereocenters. The molecule has 1 aliphatic heterocycles. The Labute approximate surface area is 191 Å². The maximum Gasteiger partial charge on any atom is 0.214 e. The second-order valence-electron chi connectivity index (χ2n) is 10.8. The molecule has 2 saturated carbocycles. The zero-order valence-corrected chi connectivity index (χ0v) is 20.4. The van der Waals surface area contributed by atoms with E-state index in [1.54, 1.807) is 18.5 Å². The lowest BCUT2D eigenvalue weighted by atomic mass is 9.70. The van der Waals surface area contributed by atoms with E-state index in [4.69, 9.17) is 9.47 Å². The van der Waals surface area contributed by atoms with Crippen LogP contribution in [0.2, 0.25) is 0 Å². The summed E-state index contributed by atoms with van der Waals surface area (Å²) in [5.74, 6) is 1.90. The number of hydrogen-bond acceptors (Lipinski definition) is 5. The third kappa shape index (κ3) is 2.93. The molecule has 6 nitrogen and oxygen atoms in total. The van der Waals surface area contributed by atoms with Gasteiger partial charge in [-0.25, -0.2) is 12.7 Å². The Kier molecular flexibility index (Phi) is 5.01. The predicted molar refractivity (Wildman–Crippen MR) is 124 cm³/mol. The minimum atomic E-state index is -3.46. The molecule has 0 unspecified atom stereocenters. The average Bonchev–Trinajstić information content (AvgIpc) is 3.28. The highest BCUT2D eigenvalue weighted by molar-refractivity contribution is 7.89. The lowest BCUT2D eigenvalue weighted by molar-refractivity contribution is 0.0143. The van der Waals surface area contributed by atoms with Gasteiger partial charge in [0, 0.05) is 23.9 Å². The van der Waals surface area contributed by atoms with Gasteiger partial charge in [-0.2, -0.15) is 0 Å². The molecule has 0 amide bonds. The van der Waals surface area contributed by atoms with Crippen molar-refractivity contribution in [3.8, 4) is 11.5 Å². The number of benzene rings is 1. The van der Waals surface area contributed by atoms with E-state index in [1.807, 2.05) is 12.1 Å². The molecule has 3 aliphatic carbocycles. The van der Waals surface area contributed by atoms with E-state index in [0.29, 0.717) is 30.5 Å². The molecule has 1 aromatic carbocycles. The fraction of sp³-hybridized carbons (Fsp3) is 0.680. The van der Waals surface area contributed by atoms with E-state index in [0.717, 1.165) is 37.7 Å². The standard InChI is InChI=1S/C25H35NO5S/c1-23(2)18-6-8-25(23,22(27)14-18)16-32(28,29)26-11-9-24(10-12-26)7-5-17-13-20(30-3)21(31-4)15-19(17)24/h5,7,13,15,18,22,27H,6,8-12,14,16H2,1-4H3/t18-,22+,25-/m1/s1. The quantitative estimate of drug-likeness (QED) is 0.725. The number of rotatable bonds is 5. The predicted octanol–water partition coefficient (Wildman–Crippen LogP) is 3.58. The van der Waals surface area contributed by atoms with Gasteiger partial charge in [-0.1, -0.05) is 26.0 Å². The van der Waals surface area contributed by atoms with Crippen LogP contribution in [-0.4, -0.2) is 57.0 Å². The molecule has 176 valence electrons. The van der Waals surface area contributed by atoms with Crippen LogP contribution in [-0.2, 0) is 15.4 Å². The van der Waals surface area contributed by atoms with Crippen LogP contribution in [0.5, 0.6) is 11.5 Å². The van der Waals surface area contributed by atoms with Crippen molar-refractivity contribution in [1.82, 2.24) is 4.31 Å². The lowest BCUT2D eigenvalue weighted by Crippen LogP contribution is -2.51. The molecule has 32 heavy (non-hydrogen) atoms. The Hall–Kier alpha value is -1.57. The second-order valence-corrected chi connectivity index (χ2v) is 12.8. The molecule has 4 aliphatic rings. The van der Waals surface area contributed by atoms with Gasteiger partial charge in [0.15, 0.2) is 11.5 Å². The third-order valence-corrected chi connectivity index (χ3v) is 11.5. The Balaban J connectivity index is 1.36. The van der Waals surface area contributed by atoms with Gasteiger partial charge in [0.1, 0.15) is 0 Å². The number of aliphatic hydroxyl groups excluding tert-OH is 1. The van der Waals surface area contributed by atoms with Crippen molar-refractivity contribution in [2.75, 3.05) is 33.1 Å². The zero-order chi connectivity index (χ0) is 22.9. The van der Waals surface area contributed by atoms with Crippen molar-refractivity contribution in [2.45, 2.75) is 57.5 Å². The largest absolute Gasteiger partial charge is 0.493 e. The van der Waals surface area contributed by atoms with E-state index in [2.05, 4.69) is 26.0 Å². The van der Waals surface area contributed by atoms with E-state index < -0.39 is 21.5 Å². The summed E-state index contributed by atoms with van der Waals surface area (Å²) in [6, 6.07) is 4.05. The van der Waals surface area contributed by atoms with Crippen molar-refractivity contribution in [2.24, 2.45) is 16.7 Å². The molecular formula is C25H35NO5S. The van der Waals surface area contributed by atoms with Gasteiger partial charge in [-0.3, -0.25) is 0 Å². The third-order valence-electron chi connectivity index (χ3n) is 9.51. The second kappa shape index (κ2) is 7.21. The molecule has 1 heterocycles. The minimum Gasteiger partial charge on any atom is -0.493 e. The van der Waals surface area contributed by atoms with Crippen LogP contribution in [0.1, 0.15) is 57.1 Å². The molecule has 0 radical (unpaired) electrons. The number of sulfonamides is 1. The summed E-state index contributed by atoms with van der Waals surface area (Å²) >= 11 is 0. The fourth-order valence-corrected chi connectivity index (χ4v) is 9.48. The van der Waals surface area contributed by atoms with Crippen LogP contribution < -0.4 is 9.47 Å². The Morgan fingerprint density at radius 3 is 2.31 bits per heavy atom. The van der Waals surface area contributed by atoms with Gasteiger partial charge in [0.05, 0.1) is 26.1 Å². The molecule has 1 saturated heterocycles. The van der Waals surface area contributed by atoms with Crippen molar-refractivity contribution in [3.63, 3.8) is 0 Å². The van der Waals surface area contributed by atoms with E-state index in [9.17, 15) is 13.5 Å². The topological polar surface area (TPSA) is 76.1 Å². The van der Waals surface area contributed by atoms with E-state index in [1.165, 1.54) is 5.56 Å². The van der Waals surface area contributed by atoms with Crippen molar-refractivity contribution in [1.29, 1.82) is 0 Å². The average molecular weight is 462 g/mol. The van der Waals surface area contributed by atoms with Crippen LogP contribution in [0, 0.1) is 16.7 Å². The smallest absolute Gasteiger partial charge is 0.214 e. The zero-order valence-electron chi connectivity index (χ0n) is 19.6. The number of piperidine rings is 1. The number of fused-ring (bicyclic) bond motifs is 4. The molecule has 1 N–H and O–H groups in total. The monoisotopic (exact) mass is 461 g/mol. The molecular weight excluding hydrogens is 426 g/mol. The van der Waals surface area contributed by atoms with Crippen molar-refractivity contribution >= 4 is 16.1 Å². The molecule has 5 rings (SSSR count). The summed E-state index contributed by atoms with van der Waals surface area (Å²) in [6.07, 6.45) is 7.88. The molecule has 7 heteroatoms. The lowest BCUT2D eigenvalue weighted by Gasteiger charge is -2.43. The van der Waals surface area contributed by atoms with E-state index >= 15 is 0 Å². The Bertz CT molecular complexity index is 1050. The molecule has 3 fully saturated rings. The molecule has 1 spiro atoms. The van der Waals surface area contributed by atoms with Crippen LogP contribution in [0.25, 0.3) is 6.08 Å². The van der Waals surface area contributed by atoms with Crippen LogP contribution >= 0.6 is 0 Å². The number of nitrogens with zero attached hydrogens (tertiary/aromatic N) is 1. The number of methoxy groups -OCH3 is 2. The highest BCUT2D eigenvalue weighted by Crippen LogP contribution is 2.66. The molecule has 0 aromatic heterocycles. The molecule has 2 bridgehead atoms. The number of aliphatic hydroxyl groups is 1. The van der Waals surface area contributed by atoms with Crippen LogP contribution in [0.15, 0.2) is 18.2 Å². The normalized spacial score (nSPS) is 32.4. The maximum atomic E-state index is 13.6. The summed E-state index contributed by atoms with van der Waals surface area (Å²) in [6.45, 7) is 5.31. The first-order chi connectivity index (χ1) is 15.1. The summed E-state index contributed by atoms with van der Waals surface area (Å²) < 4.78 is 39.7. The number of ether oxygens (including phenoxy) is 2. The van der Waals surface area contributed by atoms with Gasteiger partial charge in [-0.15, -0.1) is 0 Å². The number of allylic oxidation sites excluding steroid dienone is 1. The van der Waals surface area contributed by atoms with Crippen molar-refractivity contribution < 1.29 is 23.0 Å². The van der Waals surface area contributed by atoms with Crippen LogP contribution in [0.4, 0.5) is 0 Å². The van der Waals surface area contributed by atoms with Gasteiger partial charge >= 0.3 is 0 Å². The first-order valence-corrected chi connectivity index (χ1v) is 13.3. The maximum absolute atomic E-state index is 13.6. The van der Waals surface area contributed by atoms with Gasteiger partial charge in [-0.05, 0) is 66.7 Å². The fourth-order valence-electron chi connectivity index (χ4n) is 7.20. The SMILES string of the molecule is COc1cc2c(cc1OC)C1(C=C2)CCN(S(=O)(=O)C[C@]23CC[C@H](C[C@@H]2O)C3(C)C)CC1. The summed E-state index contributed by atoms with van der Waals surface area (Å²) in [7, 11) is -0.182. The Morgan fingerprint density at radius 1 is 1.09 bits per heavy atom. The first kappa shape index (κ1) is 22.2. The van der Waals surface area contributed by atoms with Crippen LogP contribution in [0.3, 0.4) is 0 Å². The van der Waals surface area contributed by atoms with Gasteiger partial charge in [0.2, 0.25) is 10.0 Å². The Morgan fingerprint density at radius 2 is 1.75 bits per heavy atom. The van der Waals surface area contributed by atoms with Gasteiger partial charge in [0.25, 0.3) is 0 Å². The number of hydrogen-bond donors (Lipinski definition) is 1.